The Morgan fingerprint density at radius 1 is 1.24 bits per heavy atom. The van der Waals surface area contributed by atoms with E-state index in [1.807, 2.05) is 20.8 Å². The molecule has 2 atom stereocenters. The summed E-state index contributed by atoms with van der Waals surface area (Å²) in [7, 11) is 1.72. The number of nitrogens with zero attached hydrogens (tertiary/aromatic N) is 3. The Labute approximate surface area is 193 Å². The number of rotatable bonds is 3. The second-order valence-electron chi connectivity index (χ2n) is 10.3. The van der Waals surface area contributed by atoms with Gasteiger partial charge in [-0.15, -0.1) is 0 Å². The number of amides is 2. The van der Waals surface area contributed by atoms with E-state index in [0.717, 1.165) is 25.7 Å². The van der Waals surface area contributed by atoms with Crippen LogP contribution >= 0.6 is 0 Å². The minimum atomic E-state index is -0.524. The molecule has 1 aliphatic carbocycles. The number of anilines is 2. The van der Waals surface area contributed by atoms with E-state index in [0.29, 0.717) is 35.9 Å². The zero-order valence-corrected chi connectivity index (χ0v) is 19.7. The summed E-state index contributed by atoms with van der Waals surface area (Å²) in [5.41, 5.74) is 7.24. The topological polar surface area (TPSA) is 102 Å². The van der Waals surface area contributed by atoms with Gasteiger partial charge in [0.05, 0.1) is 5.69 Å². The summed E-state index contributed by atoms with van der Waals surface area (Å²) >= 11 is 0. The van der Waals surface area contributed by atoms with Crippen molar-refractivity contribution in [2.45, 2.75) is 58.0 Å². The summed E-state index contributed by atoms with van der Waals surface area (Å²) in [5, 5.41) is 7.39. The van der Waals surface area contributed by atoms with Gasteiger partial charge in [-0.05, 0) is 76.1 Å². The van der Waals surface area contributed by atoms with Crippen LogP contribution in [0.1, 0.15) is 68.4 Å². The van der Waals surface area contributed by atoms with Gasteiger partial charge in [0.1, 0.15) is 22.8 Å². The van der Waals surface area contributed by atoms with Crippen molar-refractivity contribution in [3.63, 3.8) is 0 Å². The van der Waals surface area contributed by atoms with Crippen molar-refractivity contribution in [2.75, 3.05) is 24.1 Å². The molecule has 3 N–H and O–H groups in total. The molecular weight excluding hydrogens is 425 g/mol. The van der Waals surface area contributed by atoms with Crippen molar-refractivity contribution in [2.24, 2.45) is 12.5 Å². The van der Waals surface area contributed by atoms with Crippen LogP contribution in [0.25, 0.3) is 0 Å². The molecule has 178 valence electrons. The fraction of sp³-hybridized carbons (Fsp3) is 0.542. The molecule has 9 heteroatoms. The Hall–Kier alpha value is -3.10. The molecule has 1 aromatic heterocycles. The minimum Gasteiger partial charge on any atom is -0.444 e. The Kier molecular flexibility index (Phi) is 5.84. The Bertz CT molecular complexity index is 1060. The van der Waals surface area contributed by atoms with Crippen molar-refractivity contribution >= 4 is 23.5 Å². The molecule has 2 heterocycles. The highest BCUT2D eigenvalue weighted by molar-refractivity contribution is 6.08. The second kappa shape index (κ2) is 8.35. The molecule has 1 saturated carbocycles. The lowest BCUT2D eigenvalue weighted by Crippen LogP contribution is -2.36. The minimum absolute atomic E-state index is 0.00143. The number of ether oxygens (including phenoxy) is 1. The van der Waals surface area contributed by atoms with Crippen LogP contribution < -0.4 is 11.1 Å². The normalized spacial score (nSPS) is 22.7. The lowest BCUT2D eigenvalue weighted by Gasteiger charge is -2.27. The van der Waals surface area contributed by atoms with Crippen LogP contribution in [-0.2, 0) is 11.8 Å². The predicted molar refractivity (Wildman–Crippen MR) is 123 cm³/mol. The average Bonchev–Trinajstić information content (AvgIpc) is 3.42. The highest BCUT2D eigenvalue weighted by atomic mass is 19.1. The zero-order chi connectivity index (χ0) is 24.0. The lowest BCUT2D eigenvalue weighted by atomic mass is 9.84. The number of nitrogens with two attached hydrogens (primary N) is 1. The third kappa shape index (κ3) is 4.82. The maximum atomic E-state index is 13.2. The first-order valence-electron chi connectivity index (χ1n) is 11.3. The monoisotopic (exact) mass is 457 g/mol. The molecule has 1 aliphatic heterocycles. The van der Waals surface area contributed by atoms with Crippen LogP contribution in [0, 0.1) is 11.2 Å². The van der Waals surface area contributed by atoms with E-state index in [1.54, 1.807) is 11.9 Å². The molecule has 0 bridgehead atoms. The summed E-state index contributed by atoms with van der Waals surface area (Å²) in [6, 6.07) is 5.60. The number of aryl methyl sites for hydroxylation is 1. The molecule has 8 nitrogen and oxygen atoms in total. The SMILES string of the molecule is Cn1nc(C2CCC3(CCN(C(=O)OC(C)(C)C)C3)C2)c(C(=O)Nc2ccc(F)cc2)c1N. The van der Waals surface area contributed by atoms with Crippen molar-refractivity contribution in [3.8, 4) is 0 Å². The fourth-order valence-electron chi connectivity index (χ4n) is 5.03. The number of halogens is 1. The number of carbonyl (C=O) groups excluding carboxylic acids is 2. The number of nitrogens with one attached hydrogen (secondary N) is 1. The number of likely N-dealkylation sites (tertiary alicyclic amines) is 1. The van der Waals surface area contributed by atoms with Crippen LogP contribution in [0.2, 0.25) is 0 Å². The second-order valence-corrected chi connectivity index (χ2v) is 10.3. The van der Waals surface area contributed by atoms with Crippen molar-refractivity contribution in [3.05, 3.63) is 41.3 Å². The lowest BCUT2D eigenvalue weighted by molar-refractivity contribution is 0.0273. The van der Waals surface area contributed by atoms with Crippen LogP contribution in [0.4, 0.5) is 20.7 Å². The van der Waals surface area contributed by atoms with Gasteiger partial charge >= 0.3 is 6.09 Å². The van der Waals surface area contributed by atoms with Crippen molar-refractivity contribution < 1.29 is 18.7 Å². The van der Waals surface area contributed by atoms with E-state index < -0.39 is 5.60 Å². The smallest absolute Gasteiger partial charge is 0.410 e. The number of hydrogen-bond acceptors (Lipinski definition) is 5. The molecule has 2 fully saturated rings. The van der Waals surface area contributed by atoms with Crippen LogP contribution in [-0.4, -0.2) is 45.4 Å². The van der Waals surface area contributed by atoms with Crippen LogP contribution in [0.5, 0.6) is 0 Å². The Morgan fingerprint density at radius 3 is 2.61 bits per heavy atom. The fourth-order valence-corrected chi connectivity index (χ4v) is 5.03. The standard InChI is InChI=1S/C24H32FN5O3/c1-23(2,3)33-22(32)30-12-11-24(14-30)10-9-15(13-24)19-18(20(26)29(4)28-19)21(31)27-17-7-5-16(25)6-8-17/h5-8,15H,9-14,26H2,1-4H3,(H,27,31). The summed E-state index contributed by atoms with van der Waals surface area (Å²) in [6.07, 6.45) is 3.29. The van der Waals surface area contributed by atoms with Gasteiger partial charge in [-0.2, -0.15) is 5.10 Å². The molecule has 0 radical (unpaired) electrons. The molecule has 2 unspecified atom stereocenters. The first kappa shape index (κ1) is 23.1. The van der Waals surface area contributed by atoms with E-state index in [9.17, 15) is 14.0 Å². The Balaban J connectivity index is 1.49. The van der Waals surface area contributed by atoms with Crippen LogP contribution in [0.3, 0.4) is 0 Å². The third-order valence-corrected chi connectivity index (χ3v) is 6.63. The van der Waals surface area contributed by atoms with Gasteiger partial charge in [0, 0.05) is 31.7 Å². The number of aromatic nitrogens is 2. The van der Waals surface area contributed by atoms with E-state index in [1.165, 1.54) is 28.9 Å². The summed E-state index contributed by atoms with van der Waals surface area (Å²) < 4.78 is 20.3. The molecule has 1 spiro atoms. The Morgan fingerprint density at radius 2 is 1.94 bits per heavy atom. The summed E-state index contributed by atoms with van der Waals surface area (Å²) in [5.74, 6) is -0.360. The molecule has 2 aromatic rings. The first-order valence-corrected chi connectivity index (χ1v) is 11.3. The van der Waals surface area contributed by atoms with Gasteiger partial charge in [0.25, 0.3) is 5.91 Å². The first-order chi connectivity index (χ1) is 15.5. The van der Waals surface area contributed by atoms with Gasteiger partial charge in [-0.25, -0.2) is 9.18 Å². The van der Waals surface area contributed by atoms with Gasteiger partial charge in [0.15, 0.2) is 0 Å². The predicted octanol–water partition coefficient (Wildman–Crippen LogP) is 4.29. The zero-order valence-electron chi connectivity index (χ0n) is 19.7. The van der Waals surface area contributed by atoms with Gasteiger partial charge in [-0.1, -0.05) is 0 Å². The van der Waals surface area contributed by atoms with E-state index in [-0.39, 0.29) is 29.2 Å². The largest absolute Gasteiger partial charge is 0.444 e. The van der Waals surface area contributed by atoms with Crippen LogP contribution in [0.15, 0.2) is 24.3 Å². The van der Waals surface area contributed by atoms with Gasteiger partial charge in [0.2, 0.25) is 0 Å². The molecule has 2 amide bonds. The maximum absolute atomic E-state index is 13.2. The summed E-state index contributed by atoms with van der Waals surface area (Å²) in [4.78, 5) is 27.4. The third-order valence-electron chi connectivity index (χ3n) is 6.63. The number of hydrogen-bond donors (Lipinski definition) is 2. The molecule has 1 aromatic carbocycles. The molecule has 2 aliphatic rings. The molecular formula is C24H32FN5O3. The quantitative estimate of drug-likeness (QED) is 0.716. The van der Waals surface area contributed by atoms with E-state index >= 15 is 0 Å². The highest BCUT2D eigenvalue weighted by Crippen LogP contribution is 2.52. The summed E-state index contributed by atoms with van der Waals surface area (Å²) in [6.45, 7) is 6.92. The molecule has 1 saturated heterocycles. The van der Waals surface area contributed by atoms with E-state index in [2.05, 4.69) is 10.4 Å². The number of carbonyl (C=O) groups is 2. The highest BCUT2D eigenvalue weighted by Gasteiger charge is 2.47. The van der Waals surface area contributed by atoms with Gasteiger partial charge < -0.3 is 20.7 Å². The number of benzene rings is 1. The number of nitrogen functional groups attached to an aromatic ring is 1. The average molecular weight is 458 g/mol. The molecule has 4 rings (SSSR count). The van der Waals surface area contributed by atoms with Crippen molar-refractivity contribution in [1.82, 2.24) is 14.7 Å². The molecule has 33 heavy (non-hydrogen) atoms. The van der Waals surface area contributed by atoms with Crippen molar-refractivity contribution in [1.29, 1.82) is 0 Å². The maximum Gasteiger partial charge on any atom is 0.410 e. The van der Waals surface area contributed by atoms with E-state index in [4.69, 9.17) is 10.5 Å². The van der Waals surface area contributed by atoms with Gasteiger partial charge in [-0.3, -0.25) is 9.48 Å².